The van der Waals surface area contributed by atoms with Crippen molar-refractivity contribution in [3.63, 3.8) is 0 Å². The zero-order valence-electron chi connectivity index (χ0n) is 27.4. The van der Waals surface area contributed by atoms with E-state index in [1.165, 1.54) is 16.7 Å². The second kappa shape index (κ2) is 14.4. The molecule has 0 aliphatic carbocycles. The summed E-state index contributed by atoms with van der Waals surface area (Å²) in [5.41, 5.74) is 7.30. The van der Waals surface area contributed by atoms with E-state index in [2.05, 4.69) is 15.5 Å². The summed E-state index contributed by atoms with van der Waals surface area (Å²) in [4.78, 5) is 27.2. The van der Waals surface area contributed by atoms with Crippen molar-refractivity contribution >= 4 is 23.6 Å². The molecule has 0 bridgehead atoms. The summed E-state index contributed by atoms with van der Waals surface area (Å²) >= 11 is 1.53. The smallest absolute Gasteiger partial charge is 0.261 e. The Morgan fingerprint density at radius 2 is 1.43 bits per heavy atom. The monoisotopic (exact) mass is 695 g/mol. The Labute approximate surface area is 298 Å². The molecule has 1 saturated heterocycles. The van der Waals surface area contributed by atoms with Gasteiger partial charge in [0.25, 0.3) is 11.8 Å². The van der Waals surface area contributed by atoms with E-state index in [1.807, 2.05) is 103 Å². The van der Waals surface area contributed by atoms with Crippen LogP contribution in [0, 0.1) is 0 Å². The first kappa shape index (κ1) is 32.7. The number of hydrogen-bond donors (Lipinski definition) is 1. The molecule has 3 unspecified atom stereocenters. The normalized spacial score (nSPS) is 18.6. The van der Waals surface area contributed by atoms with Crippen LogP contribution < -0.4 is 0 Å². The highest BCUT2D eigenvalue weighted by molar-refractivity contribution is 7.99. The summed E-state index contributed by atoms with van der Waals surface area (Å²) in [5.74, 6) is 0.0647. The van der Waals surface area contributed by atoms with Crippen molar-refractivity contribution in [1.82, 2.24) is 25.1 Å². The third-order valence-corrected chi connectivity index (χ3v) is 10.2. The van der Waals surface area contributed by atoms with Gasteiger partial charge in [-0.05, 0) is 68.6 Å². The molecule has 2 aliphatic heterocycles. The van der Waals surface area contributed by atoms with Crippen LogP contribution in [0.1, 0.15) is 61.8 Å². The molecule has 2 amide bonds. The molecule has 2 aliphatic rings. The zero-order chi connectivity index (χ0) is 34.7. The van der Waals surface area contributed by atoms with Gasteiger partial charge in [0.1, 0.15) is 0 Å². The van der Waals surface area contributed by atoms with Crippen molar-refractivity contribution < 1.29 is 24.2 Å². The van der Waals surface area contributed by atoms with Crippen molar-refractivity contribution in [3.05, 3.63) is 161 Å². The molecule has 5 aromatic carbocycles. The van der Waals surface area contributed by atoms with Crippen LogP contribution in [-0.4, -0.2) is 53.9 Å². The standard InChI is InChI=1S/C40H33N5O5S/c46-24-26-13-15-29(16-14-26)36-22-33(25-51-40-41-42-43-45(40)32-9-2-1-3-10-32)49-39(50-36)30-19-17-28(18-20-30)31-8-6-7-27(21-31)23-44-37(47)34-11-4-5-12-35(34)38(44)48/h1-21,33,36,39,46H,22-25H2. The Hall–Kier alpha value is -5.46. The molecule has 254 valence electrons. The van der Waals surface area contributed by atoms with Crippen LogP contribution >= 0.6 is 11.8 Å². The van der Waals surface area contributed by atoms with Crippen LogP contribution in [0.5, 0.6) is 0 Å². The van der Waals surface area contributed by atoms with Crippen molar-refractivity contribution in [2.45, 2.75) is 43.2 Å². The summed E-state index contributed by atoms with van der Waals surface area (Å²) in [6.07, 6.45) is -0.389. The summed E-state index contributed by atoms with van der Waals surface area (Å²) < 4.78 is 14.9. The molecule has 0 radical (unpaired) electrons. The number of carbonyl (C=O) groups is 2. The number of carbonyl (C=O) groups excluding carboxylic acids is 2. The number of amides is 2. The van der Waals surface area contributed by atoms with Crippen molar-refractivity contribution in [1.29, 1.82) is 0 Å². The third-order valence-electron chi connectivity index (χ3n) is 9.12. The third kappa shape index (κ3) is 6.84. The van der Waals surface area contributed by atoms with Gasteiger partial charge in [0.05, 0.1) is 42.2 Å². The maximum Gasteiger partial charge on any atom is 0.261 e. The molecule has 10 nitrogen and oxygen atoms in total. The molecule has 3 heterocycles. The van der Waals surface area contributed by atoms with Crippen molar-refractivity contribution in [3.8, 4) is 16.8 Å². The molecule has 8 rings (SSSR count). The van der Waals surface area contributed by atoms with Crippen LogP contribution in [0.2, 0.25) is 0 Å². The van der Waals surface area contributed by atoms with Gasteiger partial charge in [-0.15, -0.1) is 5.10 Å². The van der Waals surface area contributed by atoms with Crippen LogP contribution in [0.15, 0.2) is 133 Å². The highest BCUT2D eigenvalue weighted by atomic mass is 32.2. The maximum absolute atomic E-state index is 13.0. The predicted octanol–water partition coefficient (Wildman–Crippen LogP) is 6.96. The van der Waals surface area contributed by atoms with E-state index in [-0.39, 0.29) is 37.2 Å². The molecule has 6 aromatic rings. The van der Waals surface area contributed by atoms with Crippen molar-refractivity contribution in [2.24, 2.45) is 0 Å². The van der Waals surface area contributed by atoms with E-state index >= 15 is 0 Å². The molecule has 0 spiro atoms. The Morgan fingerprint density at radius 1 is 0.725 bits per heavy atom. The topological polar surface area (TPSA) is 120 Å². The second-order valence-electron chi connectivity index (χ2n) is 12.4. The number of aliphatic hydroxyl groups is 1. The Kier molecular flexibility index (Phi) is 9.25. The summed E-state index contributed by atoms with van der Waals surface area (Å²) in [6, 6.07) is 40.5. The fourth-order valence-corrected chi connectivity index (χ4v) is 7.35. The first-order chi connectivity index (χ1) is 25.0. The van der Waals surface area contributed by atoms with Gasteiger partial charge in [-0.25, -0.2) is 0 Å². The fraction of sp³-hybridized carbons (Fsp3) is 0.175. The predicted molar refractivity (Wildman–Crippen MR) is 191 cm³/mol. The highest BCUT2D eigenvalue weighted by Crippen LogP contribution is 2.40. The van der Waals surface area contributed by atoms with Gasteiger partial charge in [0.2, 0.25) is 5.16 Å². The number of rotatable bonds is 10. The number of tetrazole rings is 1. The van der Waals surface area contributed by atoms with Crippen molar-refractivity contribution in [2.75, 3.05) is 5.75 Å². The Bertz CT molecular complexity index is 2140. The average Bonchev–Trinajstić information content (AvgIpc) is 3.76. The van der Waals surface area contributed by atoms with E-state index < -0.39 is 6.29 Å². The highest BCUT2D eigenvalue weighted by Gasteiger charge is 2.35. The summed E-state index contributed by atoms with van der Waals surface area (Å²) in [7, 11) is 0. The zero-order valence-corrected chi connectivity index (χ0v) is 28.2. The first-order valence-corrected chi connectivity index (χ1v) is 17.6. The molecule has 51 heavy (non-hydrogen) atoms. The number of benzene rings is 5. The lowest BCUT2D eigenvalue weighted by Crippen LogP contribution is -2.31. The lowest BCUT2D eigenvalue weighted by molar-refractivity contribution is -0.245. The summed E-state index contributed by atoms with van der Waals surface area (Å²) in [6.45, 7) is 0.171. The van der Waals surface area contributed by atoms with E-state index in [0.717, 1.165) is 39.1 Å². The van der Waals surface area contributed by atoms with Crippen LogP contribution in [0.25, 0.3) is 16.8 Å². The molecule has 11 heteroatoms. The minimum Gasteiger partial charge on any atom is -0.392 e. The lowest BCUT2D eigenvalue weighted by atomic mass is 9.99. The molecule has 3 atom stereocenters. The Morgan fingerprint density at radius 3 is 2.16 bits per heavy atom. The minimum absolute atomic E-state index is 0.0229. The molecule has 1 N–H and O–H groups in total. The van der Waals surface area contributed by atoms with Gasteiger partial charge in [-0.1, -0.05) is 109 Å². The molecule has 1 aromatic heterocycles. The molecule has 1 fully saturated rings. The number of nitrogens with zero attached hydrogens (tertiary/aromatic N) is 5. The molecular weight excluding hydrogens is 663 g/mol. The van der Waals surface area contributed by atoms with Gasteiger partial charge in [0.15, 0.2) is 6.29 Å². The lowest BCUT2D eigenvalue weighted by Gasteiger charge is -2.36. The summed E-state index contributed by atoms with van der Waals surface area (Å²) in [5, 5.41) is 22.6. The largest absolute Gasteiger partial charge is 0.392 e. The number of hydrogen-bond acceptors (Lipinski definition) is 9. The molecular formula is C40H33N5O5S. The number of para-hydroxylation sites is 1. The number of thioether (sulfide) groups is 1. The first-order valence-electron chi connectivity index (χ1n) is 16.7. The van der Waals surface area contributed by atoms with Crippen LogP contribution in [0.4, 0.5) is 0 Å². The SMILES string of the molecule is O=C1c2ccccc2C(=O)N1Cc1cccc(-c2ccc(C3OC(CSc4nnnn4-c4ccccc4)CC(c4ccc(CO)cc4)O3)cc2)c1. The number of imide groups is 1. The van der Waals surface area contributed by atoms with E-state index in [1.54, 1.807) is 28.9 Å². The van der Waals surface area contributed by atoms with E-state index in [4.69, 9.17) is 9.47 Å². The quantitative estimate of drug-likeness (QED) is 0.120. The van der Waals surface area contributed by atoms with Gasteiger partial charge in [-0.3, -0.25) is 14.5 Å². The van der Waals surface area contributed by atoms with E-state index in [0.29, 0.717) is 28.5 Å². The number of aromatic nitrogens is 4. The Balaban J connectivity index is 0.996. The average molecular weight is 696 g/mol. The fourth-order valence-electron chi connectivity index (χ4n) is 6.44. The minimum atomic E-state index is -0.619. The number of ether oxygens (including phenoxy) is 2. The number of aliphatic hydroxyl groups excluding tert-OH is 1. The van der Waals surface area contributed by atoms with Crippen LogP contribution in [0.3, 0.4) is 0 Å². The van der Waals surface area contributed by atoms with Gasteiger partial charge in [-0.2, -0.15) is 4.68 Å². The maximum atomic E-state index is 13.0. The van der Waals surface area contributed by atoms with Gasteiger partial charge < -0.3 is 14.6 Å². The van der Waals surface area contributed by atoms with Gasteiger partial charge in [0, 0.05) is 17.7 Å². The second-order valence-corrected chi connectivity index (χ2v) is 13.4. The number of fused-ring (bicyclic) bond motifs is 1. The van der Waals surface area contributed by atoms with Gasteiger partial charge >= 0.3 is 0 Å². The molecule has 0 saturated carbocycles. The van der Waals surface area contributed by atoms with E-state index in [9.17, 15) is 14.7 Å². The van der Waals surface area contributed by atoms with Crippen LogP contribution in [-0.2, 0) is 22.6 Å².